The van der Waals surface area contributed by atoms with Crippen LogP contribution in [0.1, 0.15) is 18.2 Å². The highest BCUT2D eigenvalue weighted by Gasteiger charge is 2.18. The van der Waals surface area contributed by atoms with Crippen molar-refractivity contribution in [1.29, 1.82) is 0 Å². The first-order chi connectivity index (χ1) is 15.5. The summed E-state index contributed by atoms with van der Waals surface area (Å²) in [6.45, 7) is 1.71. The molecule has 8 heteroatoms. The lowest BCUT2D eigenvalue weighted by atomic mass is 10.2. The fraction of sp³-hybridized carbons (Fsp3) is 0.292. The molecule has 1 heterocycles. The van der Waals surface area contributed by atoms with Gasteiger partial charge in [-0.05, 0) is 61.7 Å². The van der Waals surface area contributed by atoms with Crippen LogP contribution in [0, 0.1) is 5.82 Å². The van der Waals surface area contributed by atoms with Gasteiger partial charge in [-0.3, -0.25) is 9.59 Å². The summed E-state index contributed by atoms with van der Waals surface area (Å²) in [5.41, 5.74) is 2.12. The number of aryl methyl sites for hydroxylation is 2. The summed E-state index contributed by atoms with van der Waals surface area (Å²) in [5.74, 6) is 1.36. The molecule has 3 rings (SSSR count). The quantitative estimate of drug-likeness (QED) is 0.407. The van der Waals surface area contributed by atoms with Gasteiger partial charge in [-0.15, -0.1) is 0 Å². The second-order valence-corrected chi connectivity index (χ2v) is 8.57. The van der Waals surface area contributed by atoms with Crippen molar-refractivity contribution in [2.45, 2.75) is 25.8 Å². The van der Waals surface area contributed by atoms with Crippen molar-refractivity contribution in [2.24, 2.45) is 0 Å². The number of rotatable bonds is 10. The molecule has 168 valence electrons. The van der Waals surface area contributed by atoms with Gasteiger partial charge in [-0.25, -0.2) is 9.37 Å². The van der Waals surface area contributed by atoms with E-state index < -0.39 is 11.6 Å². The average Bonchev–Trinajstić information content (AvgIpc) is 2.81. The van der Waals surface area contributed by atoms with Gasteiger partial charge in [0.2, 0.25) is 5.91 Å². The first-order valence-corrected chi connectivity index (χ1v) is 11.6. The molecule has 0 unspecified atom stereocenters. The minimum atomic E-state index is -0.459. The second kappa shape index (κ2) is 11.6. The van der Waals surface area contributed by atoms with Crippen LogP contribution in [0.15, 0.2) is 59.4 Å². The average molecular weight is 455 g/mol. The van der Waals surface area contributed by atoms with E-state index in [1.165, 1.54) is 17.7 Å². The van der Waals surface area contributed by atoms with E-state index in [1.807, 2.05) is 18.2 Å². The molecule has 1 atom stereocenters. The number of hydrogen-bond acceptors (Lipinski definition) is 5. The molecule has 32 heavy (non-hydrogen) atoms. The van der Waals surface area contributed by atoms with Crippen LogP contribution in [0.4, 0.5) is 10.1 Å². The number of nitrogens with zero attached hydrogens (tertiary/aromatic N) is 1. The molecule has 3 N–H and O–H groups in total. The van der Waals surface area contributed by atoms with E-state index in [4.69, 9.17) is 0 Å². The Morgan fingerprint density at radius 3 is 2.47 bits per heavy atom. The number of anilines is 1. The molecule has 0 saturated carbocycles. The highest BCUT2D eigenvalue weighted by atomic mass is 32.2. The van der Waals surface area contributed by atoms with Gasteiger partial charge in [0.25, 0.3) is 5.56 Å². The van der Waals surface area contributed by atoms with Gasteiger partial charge in [-0.1, -0.05) is 30.3 Å². The van der Waals surface area contributed by atoms with Crippen molar-refractivity contribution in [3.8, 4) is 11.4 Å². The smallest absolute Gasteiger partial charge is 0.275 e. The molecule has 0 radical (unpaired) electrons. The topological polar surface area (TPSA) is 86.9 Å². The molecular formula is C24H27FN4O2S. The summed E-state index contributed by atoms with van der Waals surface area (Å²) < 4.78 is 13.3. The van der Waals surface area contributed by atoms with E-state index in [1.54, 1.807) is 37.9 Å². The molecule has 0 spiro atoms. The fourth-order valence-corrected chi connectivity index (χ4v) is 3.96. The standard InChI is InChI=1S/C24H27FN4O2S/c1-16(26-2)23(30)28-21-20(13-15-32-14-12-17-6-4-3-5-7-17)27-22(29-24(21)31)18-8-10-19(25)11-9-18/h3-11,16,26H,12-15H2,1-2H3,(H,28,30)(H,27,29,31)/t16-/m0/s1. The van der Waals surface area contributed by atoms with Crippen molar-refractivity contribution in [3.63, 3.8) is 0 Å². The molecule has 1 aromatic heterocycles. The number of carbonyl (C=O) groups is 1. The monoisotopic (exact) mass is 454 g/mol. The summed E-state index contributed by atoms with van der Waals surface area (Å²) in [6, 6.07) is 15.6. The molecule has 1 amide bonds. The van der Waals surface area contributed by atoms with E-state index in [9.17, 15) is 14.0 Å². The molecule has 3 aromatic rings. The van der Waals surface area contributed by atoms with Crippen LogP contribution in [-0.2, 0) is 17.6 Å². The van der Waals surface area contributed by atoms with Gasteiger partial charge >= 0.3 is 0 Å². The normalized spacial score (nSPS) is 11.8. The number of nitrogens with one attached hydrogen (secondary N) is 3. The van der Waals surface area contributed by atoms with Crippen LogP contribution >= 0.6 is 11.8 Å². The van der Waals surface area contributed by atoms with E-state index in [-0.39, 0.29) is 17.4 Å². The third-order valence-electron chi connectivity index (χ3n) is 5.05. The fourth-order valence-electron chi connectivity index (χ4n) is 3.04. The van der Waals surface area contributed by atoms with E-state index in [0.717, 1.165) is 17.9 Å². The maximum Gasteiger partial charge on any atom is 0.275 e. The molecule has 0 saturated heterocycles. The summed E-state index contributed by atoms with van der Waals surface area (Å²) in [6.07, 6.45) is 1.47. The number of halogens is 1. The minimum absolute atomic E-state index is 0.159. The van der Waals surface area contributed by atoms with Crippen LogP contribution in [0.3, 0.4) is 0 Å². The van der Waals surface area contributed by atoms with E-state index in [0.29, 0.717) is 23.5 Å². The van der Waals surface area contributed by atoms with Crippen LogP contribution in [-0.4, -0.2) is 40.5 Å². The van der Waals surface area contributed by atoms with Gasteiger partial charge in [0, 0.05) is 12.0 Å². The summed E-state index contributed by atoms with van der Waals surface area (Å²) in [4.78, 5) is 32.5. The Hall–Kier alpha value is -2.97. The lowest BCUT2D eigenvalue weighted by molar-refractivity contribution is -0.117. The Morgan fingerprint density at radius 2 is 1.78 bits per heavy atom. The number of amides is 1. The van der Waals surface area contributed by atoms with E-state index in [2.05, 4.69) is 32.7 Å². The molecule has 0 bridgehead atoms. The zero-order chi connectivity index (χ0) is 22.9. The van der Waals surface area contributed by atoms with Crippen molar-refractivity contribution in [3.05, 3.63) is 82.0 Å². The first kappa shape index (κ1) is 23.7. The van der Waals surface area contributed by atoms with Gasteiger partial charge in [-0.2, -0.15) is 11.8 Å². The van der Waals surface area contributed by atoms with Crippen LogP contribution in [0.25, 0.3) is 11.4 Å². The van der Waals surface area contributed by atoms with Gasteiger partial charge in [0.05, 0.1) is 11.7 Å². The maximum atomic E-state index is 13.3. The predicted molar refractivity (Wildman–Crippen MR) is 129 cm³/mol. The zero-order valence-corrected chi connectivity index (χ0v) is 19.0. The molecule has 0 aliphatic heterocycles. The zero-order valence-electron chi connectivity index (χ0n) is 18.2. The number of H-pyrrole nitrogens is 1. The Kier molecular flexibility index (Phi) is 8.58. The molecular weight excluding hydrogens is 427 g/mol. The second-order valence-electron chi connectivity index (χ2n) is 7.34. The van der Waals surface area contributed by atoms with Crippen molar-refractivity contribution >= 4 is 23.4 Å². The van der Waals surface area contributed by atoms with Crippen LogP contribution in [0.2, 0.25) is 0 Å². The molecule has 2 aromatic carbocycles. The van der Waals surface area contributed by atoms with Gasteiger partial charge in [0.15, 0.2) is 0 Å². The van der Waals surface area contributed by atoms with Crippen LogP contribution in [0.5, 0.6) is 0 Å². The van der Waals surface area contributed by atoms with Gasteiger partial charge in [0.1, 0.15) is 17.3 Å². The van der Waals surface area contributed by atoms with Crippen molar-refractivity contribution < 1.29 is 9.18 Å². The highest BCUT2D eigenvalue weighted by Crippen LogP contribution is 2.19. The number of benzene rings is 2. The van der Waals surface area contributed by atoms with Gasteiger partial charge < -0.3 is 15.6 Å². The summed E-state index contributed by atoms with van der Waals surface area (Å²) in [5, 5.41) is 5.56. The lowest BCUT2D eigenvalue weighted by Gasteiger charge is -2.14. The number of likely N-dealkylation sites (N-methyl/N-ethyl adjacent to an activating group) is 1. The largest absolute Gasteiger partial charge is 0.319 e. The third-order valence-corrected chi connectivity index (χ3v) is 6.03. The van der Waals surface area contributed by atoms with Crippen molar-refractivity contribution in [2.75, 3.05) is 23.9 Å². The summed E-state index contributed by atoms with van der Waals surface area (Å²) in [7, 11) is 1.68. The molecule has 6 nitrogen and oxygen atoms in total. The minimum Gasteiger partial charge on any atom is -0.319 e. The number of carbonyl (C=O) groups excluding carboxylic acids is 1. The van der Waals surface area contributed by atoms with Crippen LogP contribution < -0.4 is 16.2 Å². The Bertz CT molecular complexity index is 1090. The SMILES string of the molecule is CN[C@@H](C)C(=O)Nc1c(CCSCCc2ccccc2)nc(-c2ccc(F)cc2)[nH]c1=O. The van der Waals surface area contributed by atoms with Crippen molar-refractivity contribution in [1.82, 2.24) is 15.3 Å². The number of aromatic nitrogens is 2. The molecule has 0 fully saturated rings. The summed E-state index contributed by atoms with van der Waals surface area (Å²) >= 11 is 1.76. The maximum absolute atomic E-state index is 13.3. The highest BCUT2D eigenvalue weighted by molar-refractivity contribution is 7.99. The number of thioether (sulfide) groups is 1. The van der Waals surface area contributed by atoms with E-state index >= 15 is 0 Å². The molecule has 0 aliphatic rings. The third kappa shape index (κ3) is 6.51. The predicted octanol–water partition coefficient (Wildman–Crippen LogP) is 3.64. The lowest BCUT2D eigenvalue weighted by Crippen LogP contribution is -2.37. The Morgan fingerprint density at radius 1 is 1.09 bits per heavy atom. The number of aromatic amines is 1. The Balaban J connectivity index is 1.76. The Labute approximate surface area is 191 Å². The molecule has 0 aliphatic carbocycles. The first-order valence-electron chi connectivity index (χ1n) is 10.5. The number of hydrogen-bond donors (Lipinski definition) is 3.